The van der Waals surface area contributed by atoms with Crippen LogP contribution in [0, 0.1) is 20.8 Å². The van der Waals surface area contributed by atoms with Crippen LogP contribution < -0.4 is 4.74 Å². The average molecular weight is 453 g/mol. The minimum Gasteiger partial charge on any atom is -0.476 e. The molecule has 1 heterocycles. The Morgan fingerprint density at radius 1 is 0.906 bits per heavy atom. The maximum Gasteiger partial charge on any atom is 0.350 e. The molecule has 2 aromatic carbocycles. The SMILES string of the molecule is CCC(C)(Oc1ccc(Cc2ccc(Cl)cc2)cc1)C(=O)OCc1nc(C)c(C)nc1C. The number of halogens is 1. The van der Waals surface area contributed by atoms with Crippen LogP contribution in [0.25, 0.3) is 0 Å². The molecule has 168 valence electrons. The van der Waals surface area contributed by atoms with Gasteiger partial charge in [0, 0.05) is 5.02 Å². The lowest BCUT2D eigenvalue weighted by Crippen LogP contribution is -2.42. The fourth-order valence-corrected chi connectivity index (χ4v) is 3.34. The number of aromatic nitrogens is 2. The quantitative estimate of drug-likeness (QED) is 0.396. The third-order valence-electron chi connectivity index (χ3n) is 5.61. The number of nitrogens with zero attached hydrogens (tertiary/aromatic N) is 2. The molecule has 0 amide bonds. The smallest absolute Gasteiger partial charge is 0.350 e. The molecule has 3 rings (SSSR count). The van der Waals surface area contributed by atoms with Gasteiger partial charge in [-0.1, -0.05) is 42.8 Å². The van der Waals surface area contributed by atoms with Crippen molar-refractivity contribution in [2.75, 3.05) is 0 Å². The summed E-state index contributed by atoms with van der Waals surface area (Å²) in [5.74, 6) is 0.193. The Kier molecular flexibility index (Phi) is 7.52. The first-order valence-electron chi connectivity index (χ1n) is 10.7. The van der Waals surface area contributed by atoms with E-state index in [9.17, 15) is 4.79 Å². The molecule has 32 heavy (non-hydrogen) atoms. The van der Waals surface area contributed by atoms with Crippen molar-refractivity contribution in [1.82, 2.24) is 9.97 Å². The standard InChI is InChI=1S/C26H29ClN2O3/c1-6-26(5,25(30)31-16-24-19(4)28-17(2)18(3)29-24)32-23-13-9-21(10-14-23)15-20-7-11-22(27)12-8-20/h7-14H,6,15-16H2,1-5H3. The van der Waals surface area contributed by atoms with Crippen LogP contribution in [0.5, 0.6) is 5.75 Å². The highest BCUT2D eigenvalue weighted by Gasteiger charge is 2.36. The van der Waals surface area contributed by atoms with Crippen molar-refractivity contribution < 1.29 is 14.3 Å². The lowest BCUT2D eigenvalue weighted by Gasteiger charge is -2.27. The molecule has 0 N–H and O–H groups in total. The molecule has 5 nitrogen and oxygen atoms in total. The molecule has 0 aliphatic heterocycles. The number of esters is 1. The first-order chi connectivity index (χ1) is 15.2. The summed E-state index contributed by atoms with van der Waals surface area (Å²) in [5.41, 5.74) is 4.34. The minimum absolute atomic E-state index is 0.0672. The number of benzene rings is 2. The molecule has 1 atom stereocenters. The van der Waals surface area contributed by atoms with Gasteiger partial charge in [-0.25, -0.2) is 4.79 Å². The molecule has 0 spiro atoms. The van der Waals surface area contributed by atoms with Crippen molar-refractivity contribution in [2.45, 2.75) is 59.7 Å². The van der Waals surface area contributed by atoms with Crippen molar-refractivity contribution in [3.05, 3.63) is 87.5 Å². The van der Waals surface area contributed by atoms with E-state index in [4.69, 9.17) is 21.1 Å². The lowest BCUT2D eigenvalue weighted by atomic mass is 10.0. The summed E-state index contributed by atoms with van der Waals surface area (Å²) < 4.78 is 11.6. The van der Waals surface area contributed by atoms with Gasteiger partial charge in [0.1, 0.15) is 12.4 Å². The van der Waals surface area contributed by atoms with Gasteiger partial charge < -0.3 is 9.47 Å². The van der Waals surface area contributed by atoms with Gasteiger partial charge in [-0.05, 0) is 75.9 Å². The van der Waals surface area contributed by atoms with Gasteiger partial charge in [-0.15, -0.1) is 0 Å². The Morgan fingerprint density at radius 2 is 1.47 bits per heavy atom. The molecule has 0 aliphatic rings. The summed E-state index contributed by atoms with van der Waals surface area (Å²) in [5, 5.41) is 0.725. The molecular formula is C26H29ClN2O3. The zero-order chi connectivity index (χ0) is 23.3. The van der Waals surface area contributed by atoms with Gasteiger partial charge in [0.2, 0.25) is 5.60 Å². The number of aryl methyl sites for hydroxylation is 3. The van der Waals surface area contributed by atoms with Crippen LogP contribution in [0.15, 0.2) is 48.5 Å². The summed E-state index contributed by atoms with van der Waals surface area (Å²) in [6.45, 7) is 9.38. The number of ether oxygens (including phenoxy) is 2. The molecule has 1 unspecified atom stereocenters. The molecule has 0 saturated carbocycles. The monoisotopic (exact) mass is 452 g/mol. The number of carbonyl (C=O) groups excluding carboxylic acids is 1. The van der Waals surface area contributed by atoms with E-state index in [0.717, 1.165) is 34.1 Å². The minimum atomic E-state index is -1.10. The Bertz CT molecular complexity index is 1080. The van der Waals surface area contributed by atoms with Gasteiger partial charge >= 0.3 is 5.97 Å². The molecule has 0 saturated heterocycles. The van der Waals surface area contributed by atoms with E-state index >= 15 is 0 Å². The highest BCUT2D eigenvalue weighted by molar-refractivity contribution is 6.30. The van der Waals surface area contributed by atoms with E-state index in [0.29, 0.717) is 17.9 Å². The Balaban J connectivity index is 1.64. The summed E-state index contributed by atoms with van der Waals surface area (Å²) in [7, 11) is 0. The normalized spacial score (nSPS) is 12.8. The number of hydrogen-bond acceptors (Lipinski definition) is 5. The van der Waals surface area contributed by atoms with E-state index in [1.54, 1.807) is 6.92 Å². The first-order valence-corrected chi connectivity index (χ1v) is 11.1. The van der Waals surface area contributed by atoms with Crippen LogP contribution in [0.1, 0.15) is 54.2 Å². The number of hydrogen-bond donors (Lipinski definition) is 0. The summed E-state index contributed by atoms with van der Waals surface area (Å²) in [6.07, 6.45) is 1.26. The molecule has 3 aromatic rings. The Labute approximate surface area is 194 Å². The van der Waals surface area contributed by atoms with E-state index in [1.165, 1.54) is 5.56 Å². The van der Waals surface area contributed by atoms with Crippen LogP contribution in [-0.2, 0) is 22.6 Å². The zero-order valence-electron chi connectivity index (χ0n) is 19.2. The largest absolute Gasteiger partial charge is 0.476 e. The van der Waals surface area contributed by atoms with E-state index in [1.807, 2.05) is 76.2 Å². The third kappa shape index (κ3) is 5.86. The second-order valence-electron chi connectivity index (χ2n) is 8.14. The fourth-order valence-electron chi connectivity index (χ4n) is 3.22. The predicted molar refractivity (Wildman–Crippen MR) is 126 cm³/mol. The van der Waals surface area contributed by atoms with Crippen molar-refractivity contribution in [3.63, 3.8) is 0 Å². The second-order valence-corrected chi connectivity index (χ2v) is 8.57. The van der Waals surface area contributed by atoms with E-state index < -0.39 is 11.6 Å². The zero-order valence-corrected chi connectivity index (χ0v) is 20.0. The molecule has 1 aromatic heterocycles. The van der Waals surface area contributed by atoms with Crippen molar-refractivity contribution in [2.24, 2.45) is 0 Å². The predicted octanol–water partition coefficient (Wildman–Crippen LogP) is 5.94. The summed E-state index contributed by atoms with van der Waals surface area (Å²) in [6, 6.07) is 15.6. The number of carbonyl (C=O) groups is 1. The third-order valence-corrected chi connectivity index (χ3v) is 5.87. The van der Waals surface area contributed by atoms with Crippen LogP contribution in [-0.4, -0.2) is 21.5 Å². The molecule has 0 fully saturated rings. The van der Waals surface area contributed by atoms with Gasteiger partial charge in [0.25, 0.3) is 0 Å². The topological polar surface area (TPSA) is 61.3 Å². The Morgan fingerprint density at radius 3 is 2.06 bits per heavy atom. The fraction of sp³-hybridized carbons (Fsp3) is 0.346. The van der Waals surface area contributed by atoms with Crippen LogP contribution >= 0.6 is 11.6 Å². The van der Waals surface area contributed by atoms with Crippen molar-refractivity contribution in [1.29, 1.82) is 0 Å². The first kappa shape index (κ1) is 23.7. The van der Waals surface area contributed by atoms with Crippen LogP contribution in [0.2, 0.25) is 5.02 Å². The summed E-state index contributed by atoms with van der Waals surface area (Å²) >= 11 is 5.95. The molecule has 0 bridgehead atoms. The van der Waals surface area contributed by atoms with Gasteiger partial charge in [-0.2, -0.15) is 0 Å². The highest BCUT2D eigenvalue weighted by Crippen LogP contribution is 2.25. The Hall–Kier alpha value is -2.92. The molecule has 6 heteroatoms. The van der Waals surface area contributed by atoms with Gasteiger partial charge in [-0.3, -0.25) is 9.97 Å². The van der Waals surface area contributed by atoms with Gasteiger partial charge in [0.05, 0.1) is 22.8 Å². The molecule has 0 radical (unpaired) electrons. The summed E-state index contributed by atoms with van der Waals surface area (Å²) in [4.78, 5) is 21.8. The lowest BCUT2D eigenvalue weighted by molar-refractivity contribution is -0.162. The molecule has 0 aliphatic carbocycles. The second kappa shape index (κ2) is 10.1. The van der Waals surface area contributed by atoms with Crippen LogP contribution in [0.3, 0.4) is 0 Å². The number of rotatable bonds is 8. The van der Waals surface area contributed by atoms with Gasteiger partial charge in [0.15, 0.2) is 0 Å². The maximum absolute atomic E-state index is 12.9. The van der Waals surface area contributed by atoms with Crippen molar-refractivity contribution in [3.8, 4) is 5.75 Å². The highest BCUT2D eigenvalue weighted by atomic mass is 35.5. The maximum atomic E-state index is 12.9. The van der Waals surface area contributed by atoms with E-state index in [2.05, 4.69) is 9.97 Å². The molecular weight excluding hydrogens is 424 g/mol. The average Bonchev–Trinajstić information content (AvgIpc) is 2.78. The van der Waals surface area contributed by atoms with E-state index in [-0.39, 0.29) is 6.61 Å². The van der Waals surface area contributed by atoms with Crippen LogP contribution in [0.4, 0.5) is 0 Å². The van der Waals surface area contributed by atoms with Crippen molar-refractivity contribution >= 4 is 17.6 Å².